The maximum atomic E-state index is 5.17. The first-order chi connectivity index (χ1) is 10.2. The SMILES string of the molecule is COc1cnc2c(-c3nc4c(s3)C[CH]C4)cc(C)cc2n1. The number of aromatic nitrogens is 3. The molecule has 2 heterocycles. The second-order valence-corrected chi connectivity index (χ2v) is 6.26. The van der Waals surface area contributed by atoms with E-state index in [1.807, 2.05) is 6.07 Å². The molecule has 0 amide bonds. The Kier molecular flexibility index (Phi) is 2.89. The van der Waals surface area contributed by atoms with Crippen LogP contribution < -0.4 is 4.74 Å². The fraction of sp³-hybridized carbons (Fsp3) is 0.250. The summed E-state index contributed by atoms with van der Waals surface area (Å²) in [6.07, 6.45) is 5.96. The lowest BCUT2D eigenvalue weighted by atomic mass is 10.1. The minimum atomic E-state index is 0.537. The van der Waals surface area contributed by atoms with Crippen LogP contribution in [0.15, 0.2) is 18.3 Å². The maximum Gasteiger partial charge on any atom is 0.232 e. The zero-order valence-electron chi connectivity index (χ0n) is 11.9. The second kappa shape index (κ2) is 4.77. The standard InChI is InChI=1S/C16H14N3OS/c1-9-6-10(16-19-11-4-3-5-13(11)21-16)15-12(7-9)18-14(20-2)8-17-15/h3,6-8H,4-5H2,1-2H3. The van der Waals surface area contributed by atoms with E-state index < -0.39 is 0 Å². The normalized spacial score (nSPS) is 13.6. The molecule has 0 spiro atoms. The van der Waals surface area contributed by atoms with Gasteiger partial charge in [0.05, 0.1) is 30.0 Å². The topological polar surface area (TPSA) is 47.9 Å². The van der Waals surface area contributed by atoms with E-state index in [2.05, 4.69) is 29.4 Å². The van der Waals surface area contributed by atoms with Gasteiger partial charge in [0.2, 0.25) is 5.88 Å². The number of rotatable bonds is 2. The molecule has 105 valence electrons. The molecule has 1 radical (unpaired) electrons. The van der Waals surface area contributed by atoms with E-state index in [9.17, 15) is 0 Å². The maximum absolute atomic E-state index is 5.17. The number of hydrogen-bond acceptors (Lipinski definition) is 5. The summed E-state index contributed by atoms with van der Waals surface area (Å²) < 4.78 is 5.17. The summed E-state index contributed by atoms with van der Waals surface area (Å²) in [7, 11) is 1.61. The quantitative estimate of drug-likeness (QED) is 0.727. The monoisotopic (exact) mass is 296 g/mol. The lowest BCUT2D eigenvalue weighted by molar-refractivity contribution is 0.397. The van der Waals surface area contributed by atoms with Gasteiger partial charge in [0.25, 0.3) is 0 Å². The average Bonchev–Trinajstić information content (AvgIpc) is 3.06. The molecule has 3 aromatic rings. The van der Waals surface area contributed by atoms with Crippen LogP contribution >= 0.6 is 11.3 Å². The molecular formula is C16H14N3OS. The van der Waals surface area contributed by atoms with Crippen LogP contribution in [-0.2, 0) is 12.8 Å². The molecule has 4 nitrogen and oxygen atoms in total. The Morgan fingerprint density at radius 1 is 1.19 bits per heavy atom. The van der Waals surface area contributed by atoms with Crippen molar-refractivity contribution < 1.29 is 4.74 Å². The zero-order valence-corrected chi connectivity index (χ0v) is 12.7. The highest BCUT2D eigenvalue weighted by Crippen LogP contribution is 2.36. The van der Waals surface area contributed by atoms with Crippen molar-refractivity contribution in [3.63, 3.8) is 0 Å². The molecule has 0 saturated carbocycles. The van der Waals surface area contributed by atoms with Crippen molar-refractivity contribution in [3.8, 4) is 16.5 Å². The molecule has 21 heavy (non-hydrogen) atoms. The molecular weight excluding hydrogens is 282 g/mol. The zero-order chi connectivity index (χ0) is 14.4. The van der Waals surface area contributed by atoms with Gasteiger partial charge in [-0.2, -0.15) is 0 Å². The lowest BCUT2D eigenvalue weighted by Gasteiger charge is -2.06. The second-order valence-electron chi connectivity index (χ2n) is 5.18. The van der Waals surface area contributed by atoms with E-state index in [0.29, 0.717) is 5.88 Å². The molecule has 0 bridgehead atoms. The highest BCUT2D eigenvalue weighted by Gasteiger charge is 2.19. The third-order valence-electron chi connectivity index (χ3n) is 3.65. The third kappa shape index (κ3) is 2.08. The number of benzene rings is 1. The van der Waals surface area contributed by atoms with Gasteiger partial charge in [0, 0.05) is 10.4 Å². The van der Waals surface area contributed by atoms with Crippen LogP contribution in [0.4, 0.5) is 0 Å². The number of methoxy groups -OCH3 is 1. The number of nitrogens with zero attached hydrogens (tertiary/aromatic N) is 3. The van der Waals surface area contributed by atoms with Crippen molar-refractivity contribution in [2.24, 2.45) is 0 Å². The number of fused-ring (bicyclic) bond motifs is 2. The lowest BCUT2D eigenvalue weighted by Crippen LogP contribution is -1.93. The fourth-order valence-electron chi connectivity index (χ4n) is 2.67. The fourth-order valence-corrected chi connectivity index (χ4v) is 3.77. The van der Waals surface area contributed by atoms with Gasteiger partial charge in [0.1, 0.15) is 5.01 Å². The van der Waals surface area contributed by atoms with E-state index in [4.69, 9.17) is 9.72 Å². The molecule has 4 rings (SSSR count). The predicted molar refractivity (Wildman–Crippen MR) is 83.6 cm³/mol. The molecule has 0 atom stereocenters. The highest BCUT2D eigenvalue weighted by atomic mass is 32.1. The number of ether oxygens (including phenoxy) is 1. The van der Waals surface area contributed by atoms with Crippen molar-refractivity contribution in [1.29, 1.82) is 0 Å². The summed E-state index contributed by atoms with van der Waals surface area (Å²) in [5, 5.41) is 1.04. The number of hydrogen-bond donors (Lipinski definition) is 0. The number of aryl methyl sites for hydroxylation is 1. The summed E-state index contributed by atoms with van der Waals surface area (Å²) in [5.74, 6) is 0.537. The molecule has 2 aromatic heterocycles. The first-order valence-corrected chi connectivity index (χ1v) is 7.68. The molecule has 1 aliphatic rings. The molecule has 0 fully saturated rings. The molecule has 0 saturated heterocycles. The Morgan fingerprint density at radius 2 is 2.10 bits per heavy atom. The molecule has 5 heteroatoms. The van der Waals surface area contributed by atoms with Crippen molar-refractivity contribution in [3.05, 3.63) is 40.9 Å². The highest BCUT2D eigenvalue weighted by molar-refractivity contribution is 7.15. The van der Waals surface area contributed by atoms with Gasteiger partial charge in [0.15, 0.2) is 0 Å². The molecule has 0 N–H and O–H groups in total. The summed E-state index contributed by atoms with van der Waals surface area (Å²) in [4.78, 5) is 15.2. The van der Waals surface area contributed by atoms with Crippen LogP contribution in [0.2, 0.25) is 0 Å². The van der Waals surface area contributed by atoms with E-state index in [1.165, 1.54) is 10.6 Å². The molecule has 0 aliphatic heterocycles. The Labute approximate surface area is 126 Å². The molecule has 1 aliphatic carbocycles. The van der Waals surface area contributed by atoms with Gasteiger partial charge in [-0.1, -0.05) is 0 Å². The van der Waals surface area contributed by atoms with Gasteiger partial charge in [-0.25, -0.2) is 15.0 Å². The van der Waals surface area contributed by atoms with Crippen molar-refractivity contribution in [1.82, 2.24) is 15.0 Å². The van der Waals surface area contributed by atoms with Crippen molar-refractivity contribution >= 4 is 22.4 Å². The van der Waals surface area contributed by atoms with Crippen LogP contribution in [-0.4, -0.2) is 22.1 Å². The Morgan fingerprint density at radius 3 is 2.90 bits per heavy atom. The van der Waals surface area contributed by atoms with Gasteiger partial charge >= 0.3 is 0 Å². The van der Waals surface area contributed by atoms with E-state index >= 15 is 0 Å². The minimum absolute atomic E-state index is 0.537. The van der Waals surface area contributed by atoms with Gasteiger partial charge in [-0.15, -0.1) is 11.3 Å². The largest absolute Gasteiger partial charge is 0.480 e. The van der Waals surface area contributed by atoms with Gasteiger partial charge in [-0.05, 0) is 43.9 Å². The summed E-state index contributed by atoms with van der Waals surface area (Å²) in [6, 6.07) is 4.17. The van der Waals surface area contributed by atoms with Crippen LogP contribution in [0.3, 0.4) is 0 Å². The van der Waals surface area contributed by atoms with Crippen LogP contribution in [0.25, 0.3) is 21.6 Å². The van der Waals surface area contributed by atoms with E-state index in [1.54, 1.807) is 24.6 Å². The summed E-state index contributed by atoms with van der Waals surface area (Å²) >= 11 is 1.77. The van der Waals surface area contributed by atoms with Crippen molar-refractivity contribution in [2.75, 3.05) is 7.11 Å². The summed E-state index contributed by atoms with van der Waals surface area (Å²) in [6.45, 7) is 2.07. The average molecular weight is 296 g/mol. The third-order valence-corrected chi connectivity index (χ3v) is 4.81. The summed E-state index contributed by atoms with van der Waals surface area (Å²) in [5.41, 5.74) is 5.18. The Balaban J connectivity index is 1.94. The van der Waals surface area contributed by atoms with Gasteiger partial charge < -0.3 is 4.74 Å². The van der Waals surface area contributed by atoms with E-state index in [0.717, 1.165) is 40.0 Å². The molecule has 1 aromatic carbocycles. The van der Waals surface area contributed by atoms with Crippen LogP contribution in [0, 0.1) is 13.3 Å². The van der Waals surface area contributed by atoms with Crippen LogP contribution in [0.5, 0.6) is 5.88 Å². The predicted octanol–water partition coefficient (Wildman–Crippen LogP) is 3.37. The smallest absolute Gasteiger partial charge is 0.232 e. The Hall–Kier alpha value is -2.01. The Bertz CT molecular complexity index is 819. The number of thiazole rings is 1. The minimum Gasteiger partial charge on any atom is -0.480 e. The first kappa shape index (κ1) is 12.7. The molecule has 0 unspecified atom stereocenters. The van der Waals surface area contributed by atoms with E-state index in [-0.39, 0.29) is 0 Å². The first-order valence-electron chi connectivity index (χ1n) is 6.86. The van der Waals surface area contributed by atoms with Crippen LogP contribution in [0.1, 0.15) is 16.1 Å². The van der Waals surface area contributed by atoms with Crippen molar-refractivity contribution in [2.45, 2.75) is 19.8 Å². The van der Waals surface area contributed by atoms with Gasteiger partial charge in [-0.3, -0.25) is 0 Å².